The summed E-state index contributed by atoms with van der Waals surface area (Å²) in [5.41, 5.74) is 4.18. The SMILES string of the molecule is O=S(=O)([O-])c1ccc(OS(=O)(=O)c2c(C3CCCC3)cc(C3CCCC3)cc2C2CCCC2)c2c1CCCCC2. The molecule has 8 heteroatoms. The van der Waals surface area contributed by atoms with Crippen molar-refractivity contribution >= 4 is 20.2 Å². The Hall–Kier alpha value is -1.90. The van der Waals surface area contributed by atoms with Gasteiger partial charge in [-0.15, -0.1) is 0 Å². The highest BCUT2D eigenvalue weighted by Crippen LogP contribution is 2.47. The molecule has 4 aliphatic carbocycles. The zero-order valence-electron chi connectivity index (χ0n) is 23.3. The number of hydrogen-bond donors (Lipinski definition) is 0. The van der Waals surface area contributed by atoms with Crippen molar-refractivity contribution < 1.29 is 25.6 Å². The van der Waals surface area contributed by atoms with Crippen LogP contribution in [0.2, 0.25) is 0 Å². The fourth-order valence-corrected chi connectivity index (χ4v) is 10.3. The van der Waals surface area contributed by atoms with Crippen molar-refractivity contribution in [2.24, 2.45) is 0 Å². The molecule has 40 heavy (non-hydrogen) atoms. The lowest BCUT2D eigenvalue weighted by atomic mass is 9.85. The molecule has 0 radical (unpaired) electrons. The predicted molar refractivity (Wildman–Crippen MR) is 154 cm³/mol. The van der Waals surface area contributed by atoms with Gasteiger partial charge < -0.3 is 8.74 Å². The zero-order chi connectivity index (χ0) is 27.9. The number of benzene rings is 2. The molecule has 0 aliphatic heterocycles. The van der Waals surface area contributed by atoms with Crippen LogP contribution in [0.5, 0.6) is 5.75 Å². The molecule has 4 aliphatic rings. The summed E-state index contributed by atoms with van der Waals surface area (Å²) in [6.07, 6.45) is 16.5. The van der Waals surface area contributed by atoms with E-state index in [4.69, 9.17) is 4.18 Å². The van der Waals surface area contributed by atoms with Gasteiger partial charge in [0.2, 0.25) is 0 Å². The third kappa shape index (κ3) is 5.60. The first-order valence-corrected chi connectivity index (χ1v) is 18.3. The minimum Gasteiger partial charge on any atom is -0.744 e. The van der Waals surface area contributed by atoms with Gasteiger partial charge in [-0.25, -0.2) is 8.42 Å². The quantitative estimate of drug-likeness (QED) is 0.188. The molecular weight excluding hydrogens is 544 g/mol. The van der Waals surface area contributed by atoms with Crippen molar-refractivity contribution in [3.63, 3.8) is 0 Å². The van der Waals surface area contributed by atoms with Crippen LogP contribution in [0.1, 0.15) is 142 Å². The standard InChI is InChI=1S/C32H42O6S2/c33-39(34,35)31-19-18-30(26-16-2-1-3-17-27(26)31)38-40(36,37)32-28(23-12-6-7-13-23)20-25(22-10-4-5-11-22)21-29(32)24-14-8-9-15-24/h18-24H,1-17H2,(H,33,34,35)/p-1. The first-order valence-electron chi connectivity index (χ1n) is 15.5. The summed E-state index contributed by atoms with van der Waals surface area (Å²) in [4.78, 5) is 0.129. The number of hydrogen-bond acceptors (Lipinski definition) is 6. The van der Waals surface area contributed by atoms with E-state index in [2.05, 4.69) is 12.1 Å². The van der Waals surface area contributed by atoms with Crippen molar-refractivity contribution in [3.8, 4) is 5.75 Å². The molecule has 218 valence electrons. The summed E-state index contributed by atoms with van der Waals surface area (Å²) in [5.74, 6) is 1.09. The molecule has 3 saturated carbocycles. The topological polar surface area (TPSA) is 101 Å². The van der Waals surface area contributed by atoms with Crippen LogP contribution < -0.4 is 4.18 Å². The smallest absolute Gasteiger partial charge is 0.339 e. The highest BCUT2D eigenvalue weighted by Gasteiger charge is 2.36. The van der Waals surface area contributed by atoms with E-state index in [1.807, 2.05) is 0 Å². The molecule has 0 unspecified atom stereocenters. The monoisotopic (exact) mass is 585 g/mol. The molecule has 2 aromatic carbocycles. The third-order valence-electron chi connectivity index (χ3n) is 10.0. The highest BCUT2D eigenvalue weighted by atomic mass is 32.2. The molecule has 0 bridgehead atoms. The fourth-order valence-electron chi connectivity index (χ4n) is 8.01. The van der Waals surface area contributed by atoms with Gasteiger partial charge in [-0.05, 0) is 116 Å². The first-order chi connectivity index (χ1) is 19.2. The van der Waals surface area contributed by atoms with Gasteiger partial charge in [0.15, 0.2) is 0 Å². The van der Waals surface area contributed by atoms with Crippen LogP contribution in [0.15, 0.2) is 34.1 Å². The maximum absolute atomic E-state index is 14.4. The van der Waals surface area contributed by atoms with Gasteiger partial charge in [-0.3, -0.25) is 0 Å². The van der Waals surface area contributed by atoms with Crippen LogP contribution in [0.4, 0.5) is 0 Å². The van der Waals surface area contributed by atoms with Gasteiger partial charge >= 0.3 is 10.1 Å². The lowest BCUT2D eigenvalue weighted by Crippen LogP contribution is -2.19. The van der Waals surface area contributed by atoms with Crippen LogP contribution in [-0.2, 0) is 33.1 Å². The zero-order valence-corrected chi connectivity index (χ0v) is 25.0. The summed E-state index contributed by atoms with van der Waals surface area (Å²) in [6.45, 7) is 0. The van der Waals surface area contributed by atoms with Crippen LogP contribution in [0.25, 0.3) is 0 Å². The van der Waals surface area contributed by atoms with E-state index >= 15 is 0 Å². The molecule has 6 nitrogen and oxygen atoms in total. The molecule has 6 rings (SSSR count). The van der Waals surface area contributed by atoms with E-state index in [1.165, 1.54) is 30.5 Å². The van der Waals surface area contributed by atoms with Gasteiger partial charge in [-0.2, -0.15) is 8.42 Å². The van der Waals surface area contributed by atoms with Crippen molar-refractivity contribution in [2.75, 3.05) is 0 Å². The largest absolute Gasteiger partial charge is 0.744 e. The van der Waals surface area contributed by atoms with Crippen molar-refractivity contribution in [2.45, 2.75) is 137 Å². The molecule has 0 spiro atoms. The Morgan fingerprint density at radius 1 is 0.625 bits per heavy atom. The van der Waals surface area contributed by atoms with E-state index in [0.29, 0.717) is 34.8 Å². The van der Waals surface area contributed by atoms with E-state index in [0.717, 1.165) is 94.6 Å². The summed E-state index contributed by atoms with van der Waals surface area (Å²) in [6, 6.07) is 7.04. The van der Waals surface area contributed by atoms with Crippen LogP contribution in [-0.4, -0.2) is 21.4 Å². The van der Waals surface area contributed by atoms with Gasteiger partial charge in [0.25, 0.3) is 0 Å². The molecule has 0 N–H and O–H groups in total. The second-order valence-corrected chi connectivity index (χ2v) is 15.4. The Morgan fingerprint density at radius 3 is 1.65 bits per heavy atom. The molecule has 0 aromatic heterocycles. The predicted octanol–water partition coefficient (Wildman–Crippen LogP) is 7.60. The van der Waals surface area contributed by atoms with E-state index in [9.17, 15) is 21.4 Å². The first kappa shape index (κ1) is 28.2. The van der Waals surface area contributed by atoms with Crippen molar-refractivity contribution in [3.05, 3.63) is 52.1 Å². The Morgan fingerprint density at radius 2 is 1.12 bits per heavy atom. The van der Waals surface area contributed by atoms with Gasteiger partial charge in [0.05, 0.1) is 4.90 Å². The molecular formula is C32H41O6S2-. The summed E-state index contributed by atoms with van der Waals surface area (Å²) >= 11 is 0. The average Bonchev–Trinajstić information content (AvgIpc) is 3.70. The number of fused-ring (bicyclic) bond motifs is 1. The molecule has 3 fully saturated rings. The second kappa shape index (κ2) is 11.4. The lowest BCUT2D eigenvalue weighted by Gasteiger charge is -2.26. The van der Waals surface area contributed by atoms with Gasteiger partial charge in [0, 0.05) is 5.56 Å². The Bertz CT molecular complexity index is 1420. The van der Waals surface area contributed by atoms with Crippen molar-refractivity contribution in [1.29, 1.82) is 0 Å². The van der Waals surface area contributed by atoms with Crippen LogP contribution >= 0.6 is 0 Å². The second-order valence-electron chi connectivity index (χ2n) is 12.5. The molecule has 0 saturated heterocycles. The molecule has 2 aromatic rings. The van der Waals surface area contributed by atoms with E-state index in [-0.39, 0.29) is 22.5 Å². The average molecular weight is 586 g/mol. The summed E-state index contributed by atoms with van der Waals surface area (Å²) in [5, 5.41) is 0. The van der Waals surface area contributed by atoms with Crippen molar-refractivity contribution in [1.82, 2.24) is 0 Å². The summed E-state index contributed by atoms with van der Waals surface area (Å²) in [7, 11) is -8.89. The Kier molecular flexibility index (Phi) is 8.05. The fraction of sp³-hybridized carbons (Fsp3) is 0.625. The Labute approximate surface area is 239 Å². The minimum absolute atomic E-state index is 0.180. The maximum Gasteiger partial charge on any atom is 0.339 e. The molecule has 0 amide bonds. The third-order valence-corrected chi connectivity index (χ3v) is 12.3. The van der Waals surface area contributed by atoms with Crippen LogP contribution in [0, 0.1) is 0 Å². The highest BCUT2D eigenvalue weighted by molar-refractivity contribution is 7.87. The van der Waals surface area contributed by atoms with Gasteiger partial charge in [-0.1, -0.05) is 57.1 Å². The summed E-state index contributed by atoms with van der Waals surface area (Å²) < 4.78 is 71.1. The lowest BCUT2D eigenvalue weighted by molar-refractivity contribution is 0.461. The Balaban J connectivity index is 1.49. The van der Waals surface area contributed by atoms with Gasteiger partial charge in [0.1, 0.15) is 20.8 Å². The van der Waals surface area contributed by atoms with E-state index in [1.54, 1.807) is 0 Å². The number of rotatable bonds is 7. The molecule has 0 atom stereocenters. The molecule has 0 heterocycles. The minimum atomic E-state index is -4.68. The normalized spacial score (nSPS) is 21.5. The van der Waals surface area contributed by atoms with E-state index < -0.39 is 20.2 Å². The van der Waals surface area contributed by atoms with Crippen LogP contribution in [0.3, 0.4) is 0 Å². The maximum atomic E-state index is 14.4.